The third-order valence-corrected chi connectivity index (χ3v) is 4.78. The van der Waals surface area contributed by atoms with Gasteiger partial charge in [0.1, 0.15) is 6.17 Å². The highest BCUT2D eigenvalue weighted by molar-refractivity contribution is 5.64. The maximum absolute atomic E-state index is 5.43. The molecule has 0 spiro atoms. The molecule has 0 saturated heterocycles. The fourth-order valence-corrected chi connectivity index (χ4v) is 3.31. The fourth-order valence-electron chi connectivity index (χ4n) is 3.31. The van der Waals surface area contributed by atoms with Crippen LogP contribution in [0.3, 0.4) is 0 Å². The van der Waals surface area contributed by atoms with Gasteiger partial charge in [-0.15, -0.1) is 0 Å². The van der Waals surface area contributed by atoms with Gasteiger partial charge in [-0.2, -0.15) is 5.10 Å². The molecule has 1 atom stereocenters. The van der Waals surface area contributed by atoms with Gasteiger partial charge in [-0.1, -0.05) is 0 Å². The first kappa shape index (κ1) is 17.0. The van der Waals surface area contributed by atoms with Crippen LogP contribution in [-0.4, -0.2) is 30.2 Å². The van der Waals surface area contributed by atoms with Gasteiger partial charge in [-0.05, 0) is 49.4 Å². The number of nitrogens with zero attached hydrogens (tertiary/aromatic N) is 4. The van der Waals surface area contributed by atoms with Crippen LogP contribution in [0.1, 0.15) is 6.92 Å². The quantitative estimate of drug-likeness (QED) is 0.685. The third kappa shape index (κ3) is 3.10. The standard InChI is InChI=1S/C21H22N4O2/c1-16-23(17-5-7-18(8-6-17)25-12-4-11-22-25)13-14-24(16)19-9-10-20(26-2)21(15-19)27-3/h4-16H,1-3H3. The molecule has 0 bridgehead atoms. The summed E-state index contributed by atoms with van der Waals surface area (Å²) >= 11 is 0. The average molecular weight is 362 g/mol. The Morgan fingerprint density at radius 3 is 2.07 bits per heavy atom. The van der Waals surface area contributed by atoms with Crippen molar-refractivity contribution >= 4 is 11.4 Å². The van der Waals surface area contributed by atoms with E-state index in [9.17, 15) is 0 Å². The topological polar surface area (TPSA) is 42.8 Å². The lowest BCUT2D eigenvalue weighted by molar-refractivity contribution is 0.355. The minimum Gasteiger partial charge on any atom is -0.493 e. The van der Waals surface area contributed by atoms with E-state index in [0.717, 1.165) is 28.6 Å². The molecule has 1 unspecified atom stereocenters. The van der Waals surface area contributed by atoms with Gasteiger partial charge in [-0.25, -0.2) is 4.68 Å². The highest BCUT2D eigenvalue weighted by Crippen LogP contribution is 2.35. The largest absolute Gasteiger partial charge is 0.493 e. The monoisotopic (exact) mass is 362 g/mol. The van der Waals surface area contributed by atoms with Gasteiger partial charge in [0.15, 0.2) is 11.5 Å². The predicted octanol–water partition coefficient (Wildman–Crippen LogP) is 4.03. The number of benzene rings is 2. The van der Waals surface area contributed by atoms with Crippen molar-refractivity contribution in [2.75, 3.05) is 24.0 Å². The number of aromatic nitrogens is 2. The van der Waals surface area contributed by atoms with E-state index in [1.165, 1.54) is 0 Å². The zero-order valence-electron chi connectivity index (χ0n) is 15.6. The van der Waals surface area contributed by atoms with Crippen molar-refractivity contribution in [1.82, 2.24) is 9.78 Å². The highest BCUT2D eigenvalue weighted by atomic mass is 16.5. The first-order valence-corrected chi connectivity index (χ1v) is 8.78. The maximum atomic E-state index is 5.43. The van der Waals surface area contributed by atoms with Crippen molar-refractivity contribution in [1.29, 1.82) is 0 Å². The number of rotatable bonds is 5. The van der Waals surface area contributed by atoms with Crippen LogP contribution in [0.5, 0.6) is 11.5 Å². The van der Waals surface area contributed by atoms with Crippen molar-refractivity contribution in [3.8, 4) is 17.2 Å². The van der Waals surface area contributed by atoms with E-state index in [1.54, 1.807) is 20.4 Å². The molecule has 6 heteroatoms. The lowest BCUT2D eigenvalue weighted by atomic mass is 10.2. The zero-order valence-corrected chi connectivity index (χ0v) is 15.6. The Morgan fingerprint density at radius 2 is 1.44 bits per heavy atom. The fraction of sp³-hybridized carbons (Fsp3) is 0.190. The van der Waals surface area contributed by atoms with Crippen LogP contribution in [0, 0.1) is 0 Å². The summed E-state index contributed by atoms with van der Waals surface area (Å²) in [4.78, 5) is 4.42. The number of anilines is 2. The molecule has 2 aromatic carbocycles. The molecule has 1 aromatic heterocycles. The van der Waals surface area contributed by atoms with Gasteiger partial charge >= 0.3 is 0 Å². The molecule has 0 aliphatic carbocycles. The molecule has 1 aliphatic heterocycles. The van der Waals surface area contributed by atoms with Crippen LogP contribution in [0.4, 0.5) is 11.4 Å². The first-order valence-electron chi connectivity index (χ1n) is 8.78. The van der Waals surface area contributed by atoms with E-state index in [4.69, 9.17) is 9.47 Å². The Kier molecular flexibility index (Phi) is 4.46. The molecule has 0 fully saturated rings. The summed E-state index contributed by atoms with van der Waals surface area (Å²) in [6, 6.07) is 16.2. The van der Waals surface area contributed by atoms with Gasteiger partial charge in [0.05, 0.1) is 19.9 Å². The maximum Gasteiger partial charge on any atom is 0.162 e. The Balaban J connectivity index is 1.55. The van der Waals surface area contributed by atoms with E-state index < -0.39 is 0 Å². The molecule has 138 valence electrons. The van der Waals surface area contributed by atoms with Crippen LogP contribution in [0.25, 0.3) is 5.69 Å². The van der Waals surface area contributed by atoms with E-state index in [0.29, 0.717) is 0 Å². The van der Waals surface area contributed by atoms with E-state index in [2.05, 4.69) is 58.5 Å². The Bertz CT molecular complexity index is 935. The molecular weight excluding hydrogens is 340 g/mol. The van der Waals surface area contributed by atoms with Crippen LogP contribution in [-0.2, 0) is 0 Å². The molecular formula is C21H22N4O2. The average Bonchev–Trinajstić information content (AvgIpc) is 3.38. The Labute approximate surface area is 158 Å². The van der Waals surface area contributed by atoms with Gasteiger partial charge in [0.2, 0.25) is 0 Å². The summed E-state index contributed by atoms with van der Waals surface area (Å²) in [6.45, 7) is 2.16. The molecule has 27 heavy (non-hydrogen) atoms. The van der Waals surface area contributed by atoms with E-state index in [-0.39, 0.29) is 6.17 Å². The van der Waals surface area contributed by atoms with Crippen LogP contribution >= 0.6 is 0 Å². The summed E-state index contributed by atoms with van der Waals surface area (Å²) in [5.74, 6) is 1.45. The molecule has 4 rings (SSSR count). The van der Waals surface area contributed by atoms with Crippen molar-refractivity contribution in [2.45, 2.75) is 13.1 Å². The van der Waals surface area contributed by atoms with Crippen LogP contribution < -0.4 is 19.3 Å². The van der Waals surface area contributed by atoms with E-state index in [1.807, 2.05) is 35.1 Å². The smallest absolute Gasteiger partial charge is 0.162 e. The van der Waals surface area contributed by atoms with Crippen molar-refractivity contribution < 1.29 is 9.47 Å². The van der Waals surface area contributed by atoms with Gasteiger partial charge in [0, 0.05) is 42.2 Å². The molecule has 0 radical (unpaired) electrons. The molecule has 6 nitrogen and oxygen atoms in total. The first-order chi connectivity index (χ1) is 13.2. The third-order valence-electron chi connectivity index (χ3n) is 4.78. The normalized spacial score (nSPS) is 16.0. The molecule has 0 amide bonds. The lowest BCUT2D eigenvalue weighted by Gasteiger charge is -2.30. The van der Waals surface area contributed by atoms with Crippen LogP contribution in [0.2, 0.25) is 0 Å². The summed E-state index contributed by atoms with van der Waals surface area (Å²) in [7, 11) is 3.29. The molecule has 0 N–H and O–H groups in total. The molecule has 1 aliphatic rings. The molecule has 2 heterocycles. The zero-order chi connectivity index (χ0) is 18.8. The van der Waals surface area contributed by atoms with Gasteiger partial charge in [0.25, 0.3) is 0 Å². The predicted molar refractivity (Wildman–Crippen MR) is 107 cm³/mol. The summed E-state index contributed by atoms with van der Waals surface area (Å²) in [5.41, 5.74) is 3.21. The van der Waals surface area contributed by atoms with Gasteiger partial charge in [-0.3, -0.25) is 0 Å². The van der Waals surface area contributed by atoms with Crippen molar-refractivity contribution in [3.63, 3.8) is 0 Å². The number of hydrogen-bond acceptors (Lipinski definition) is 5. The lowest BCUT2D eigenvalue weighted by Crippen LogP contribution is -2.35. The van der Waals surface area contributed by atoms with Crippen molar-refractivity contribution in [2.24, 2.45) is 0 Å². The highest BCUT2D eigenvalue weighted by Gasteiger charge is 2.25. The second-order valence-corrected chi connectivity index (χ2v) is 6.25. The summed E-state index contributed by atoms with van der Waals surface area (Å²) < 4.78 is 12.6. The minimum absolute atomic E-state index is 0.138. The summed E-state index contributed by atoms with van der Waals surface area (Å²) in [5, 5.41) is 4.27. The minimum atomic E-state index is 0.138. The second-order valence-electron chi connectivity index (χ2n) is 6.25. The SMILES string of the molecule is COc1ccc(N2C=CN(c3ccc(-n4cccn4)cc3)C2C)cc1OC. The van der Waals surface area contributed by atoms with Gasteiger partial charge < -0.3 is 19.3 Å². The summed E-state index contributed by atoms with van der Waals surface area (Å²) in [6.07, 6.45) is 8.02. The van der Waals surface area contributed by atoms with E-state index >= 15 is 0 Å². The van der Waals surface area contributed by atoms with Crippen molar-refractivity contribution in [3.05, 3.63) is 73.3 Å². The number of hydrogen-bond donors (Lipinski definition) is 0. The van der Waals surface area contributed by atoms with Crippen LogP contribution in [0.15, 0.2) is 73.3 Å². The number of ether oxygens (including phenoxy) is 2. The Morgan fingerprint density at radius 1 is 0.815 bits per heavy atom. The Hall–Kier alpha value is -3.41. The number of methoxy groups -OCH3 is 2. The molecule has 3 aromatic rings. The molecule has 0 saturated carbocycles. The second kappa shape index (κ2) is 7.07.